The molecule has 0 spiro atoms. The van der Waals surface area contributed by atoms with Gasteiger partial charge in [0.2, 0.25) is 11.7 Å². The first-order valence-electron chi connectivity index (χ1n) is 13.0. The predicted molar refractivity (Wildman–Crippen MR) is 161 cm³/mol. The molecular weight excluding hydrogens is 563 g/mol. The summed E-state index contributed by atoms with van der Waals surface area (Å²) in [6, 6.07) is 14.0. The Morgan fingerprint density at radius 1 is 0.952 bits per heavy atom. The first-order chi connectivity index (χ1) is 19.9. The van der Waals surface area contributed by atoms with Crippen LogP contribution in [0.1, 0.15) is 38.1 Å². The molecule has 0 unspecified atom stereocenters. The standard InChI is InChI=1S/C31H32ClFN4O5/c1-18(38)37(22-15-26(40-5)29(42-7)27(16-22)41-6)21-10-8-9-20(14-21)34-30(39)24-17-36(31(2,3)4)35-28(24)23-13-19(33)11-12-25(23)32/h8-17H,1-7H3,(H,34,39). The fraction of sp³-hybridized carbons (Fsp3) is 0.258. The van der Waals surface area contributed by atoms with Gasteiger partial charge >= 0.3 is 0 Å². The molecule has 4 rings (SSSR count). The summed E-state index contributed by atoms with van der Waals surface area (Å²) in [5, 5.41) is 7.73. The molecule has 0 aliphatic rings. The minimum Gasteiger partial charge on any atom is -0.493 e. The second-order valence-electron chi connectivity index (χ2n) is 10.4. The van der Waals surface area contributed by atoms with E-state index in [4.69, 9.17) is 25.8 Å². The summed E-state index contributed by atoms with van der Waals surface area (Å²) in [6.45, 7) is 7.22. The largest absolute Gasteiger partial charge is 0.493 e. The van der Waals surface area contributed by atoms with Crippen molar-refractivity contribution < 1.29 is 28.2 Å². The molecule has 0 fully saturated rings. The molecular formula is C31H32ClFN4O5. The number of ether oxygens (including phenoxy) is 3. The van der Waals surface area contributed by atoms with Crippen LogP contribution < -0.4 is 24.4 Å². The average Bonchev–Trinajstić information content (AvgIpc) is 3.40. The van der Waals surface area contributed by atoms with Gasteiger partial charge in [-0.1, -0.05) is 17.7 Å². The Labute approximate surface area is 248 Å². The average molecular weight is 595 g/mol. The van der Waals surface area contributed by atoms with Gasteiger partial charge in [-0.15, -0.1) is 0 Å². The van der Waals surface area contributed by atoms with Crippen molar-refractivity contribution in [1.82, 2.24) is 9.78 Å². The Bertz CT molecular complexity index is 1620. The van der Waals surface area contributed by atoms with Crippen LogP contribution in [0.5, 0.6) is 17.2 Å². The van der Waals surface area contributed by atoms with Gasteiger partial charge in [0, 0.05) is 36.5 Å². The zero-order chi connectivity index (χ0) is 30.8. The number of amides is 2. The molecule has 3 aromatic carbocycles. The topological polar surface area (TPSA) is 94.9 Å². The van der Waals surface area contributed by atoms with E-state index in [1.54, 1.807) is 47.3 Å². The number of carbonyl (C=O) groups excluding carboxylic acids is 2. The Kier molecular flexibility index (Phi) is 8.77. The molecule has 220 valence electrons. The molecule has 1 aromatic heterocycles. The van der Waals surface area contributed by atoms with E-state index < -0.39 is 17.3 Å². The van der Waals surface area contributed by atoms with E-state index in [2.05, 4.69) is 10.4 Å². The summed E-state index contributed by atoms with van der Waals surface area (Å²) in [5.41, 5.74) is 1.64. The summed E-state index contributed by atoms with van der Waals surface area (Å²) in [7, 11) is 4.47. The summed E-state index contributed by atoms with van der Waals surface area (Å²) >= 11 is 6.39. The highest BCUT2D eigenvalue weighted by molar-refractivity contribution is 6.33. The molecule has 0 aliphatic carbocycles. The summed E-state index contributed by atoms with van der Waals surface area (Å²) in [4.78, 5) is 28.0. The highest BCUT2D eigenvalue weighted by Gasteiger charge is 2.25. The van der Waals surface area contributed by atoms with Crippen molar-refractivity contribution >= 4 is 40.5 Å². The highest BCUT2D eigenvalue weighted by atomic mass is 35.5. The van der Waals surface area contributed by atoms with Crippen LogP contribution in [0.25, 0.3) is 11.3 Å². The third-order valence-electron chi connectivity index (χ3n) is 6.41. The van der Waals surface area contributed by atoms with Crippen LogP contribution in [-0.2, 0) is 10.3 Å². The van der Waals surface area contributed by atoms with Crippen molar-refractivity contribution in [2.45, 2.75) is 33.2 Å². The number of hydrogen-bond acceptors (Lipinski definition) is 6. The normalized spacial score (nSPS) is 11.2. The van der Waals surface area contributed by atoms with E-state index in [0.29, 0.717) is 39.9 Å². The maximum Gasteiger partial charge on any atom is 0.259 e. The van der Waals surface area contributed by atoms with Crippen LogP contribution in [0, 0.1) is 5.82 Å². The molecule has 0 saturated heterocycles. The second kappa shape index (κ2) is 12.1. The Morgan fingerprint density at radius 2 is 1.62 bits per heavy atom. The van der Waals surface area contributed by atoms with Gasteiger partial charge in [0.1, 0.15) is 11.5 Å². The van der Waals surface area contributed by atoms with E-state index in [0.717, 1.165) is 0 Å². The van der Waals surface area contributed by atoms with Gasteiger partial charge in [-0.25, -0.2) is 4.39 Å². The van der Waals surface area contributed by atoms with Crippen LogP contribution in [0.15, 0.2) is 60.8 Å². The molecule has 11 heteroatoms. The van der Waals surface area contributed by atoms with E-state index >= 15 is 0 Å². The Morgan fingerprint density at radius 3 is 2.19 bits per heavy atom. The minimum absolute atomic E-state index is 0.205. The number of nitrogens with zero attached hydrogens (tertiary/aromatic N) is 3. The third-order valence-corrected chi connectivity index (χ3v) is 6.74. The SMILES string of the molecule is COc1cc(N(C(C)=O)c2cccc(NC(=O)c3cn(C(C)(C)C)nc3-c3cc(F)ccc3Cl)c2)cc(OC)c1OC. The lowest BCUT2D eigenvalue weighted by atomic mass is 10.1. The van der Waals surface area contributed by atoms with E-state index in [1.165, 1.54) is 51.4 Å². The Balaban J connectivity index is 1.74. The molecule has 9 nitrogen and oxygen atoms in total. The molecule has 4 aromatic rings. The highest BCUT2D eigenvalue weighted by Crippen LogP contribution is 2.43. The van der Waals surface area contributed by atoms with Crippen molar-refractivity contribution in [3.63, 3.8) is 0 Å². The van der Waals surface area contributed by atoms with Gasteiger partial charge in [-0.05, 0) is 57.2 Å². The maximum absolute atomic E-state index is 14.2. The number of carbonyl (C=O) groups is 2. The van der Waals surface area contributed by atoms with Crippen molar-refractivity contribution in [3.8, 4) is 28.5 Å². The van der Waals surface area contributed by atoms with Gasteiger partial charge in [0.05, 0.1) is 48.8 Å². The zero-order valence-electron chi connectivity index (χ0n) is 24.4. The number of benzene rings is 3. The zero-order valence-corrected chi connectivity index (χ0v) is 25.2. The van der Waals surface area contributed by atoms with Gasteiger partial charge < -0.3 is 19.5 Å². The van der Waals surface area contributed by atoms with Crippen LogP contribution in [0.4, 0.5) is 21.5 Å². The van der Waals surface area contributed by atoms with Crippen LogP contribution in [0.3, 0.4) is 0 Å². The van der Waals surface area contributed by atoms with Gasteiger partial charge in [-0.3, -0.25) is 19.2 Å². The number of anilines is 3. The van der Waals surface area contributed by atoms with Gasteiger partial charge in [-0.2, -0.15) is 5.10 Å². The first-order valence-corrected chi connectivity index (χ1v) is 13.3. The van der Waals surface area contributed by atoms with Crippen LogP contribution in [-0.4, -0.2) is 42.9 Å². The summed E-state index contributed by atoms with van der Waals surface area (Å²) < 4.78 is 32.1. The van der Waals surface area contributed by atoms with E-state index in [9.17, 15) is 14.0 Å². The van der Waals surface area contributed by atoms with Gasteiger partial charge in [0.15, 0.2) is 11.5 Å². The predicted octanol–water partition coefficient (Wildman–Crippen LogP) is 7.06. The number of hydrogen-bond donors (Lipinski definition) is 1. The number of methoxy groups -OCH3 is 3. The smallest absolute Gasteiger partial charge is 0.259 e. The third kappa shape index (κ3) is 6.18. The van der Waals surface area contributed by atoms with Crippen molar-refractivity contribution in [3.05, 3.63) is 77.2 Å². The lowest BCUT2D eigenvalue weighted by Crippen LogP contribution is -2.23. The molecule has 42 heavy (non-hydrogen) atoms. The number of halogens is 2. The molecule has 0 aliphatic heterocycles. The minimum atomic E-state index is -0.505. The van der Waals surface area contributed by atoms with Crippen LogP contribution in [0.2, 0.25) is 5.02 Å². The molecule has 0 bridgehead atoms. The molecule has 2 amide bonds. The molecule has 1 heterocycles. The summed E-state index contributed by atoms with van der Waals surface area (Å²) in [5.74, 6) is -0.139. The Hall–Kier alpha value is -4.57. The molecule has 0 radical (unpaired) electrons. The lowest BCUT2D eigenvalue weighted by Gasteiger charge is -2.24. The van der Waals surface area contributed by atoms with E-state index in [1.807, 2.05) is 20.8 Å². The second-order valence-corrected chi connectivity index (χ2v) is 10.8. The van der Waals surface area contributed by atoms with Crippen molar-refractivity contribution in [1.29, 1.82) is 0 Å². The fourth-order valence-corrected chi connectivity index (χ4v) is 4.60. The fourth-order valence-electron chi connectivity index (χ4n) is 4.39. The van der Waals surface area contributed by atoms with Crippen LogP contribution >= 0.6 is 11.6 Å². The first kappa shape index (κ1) is 30.4. The number of nitrogens with one attached hydrogen (secondary N) is 1. The van der Waals surface area contributed by atoms with Gasteiger partial charge in [0.25, 0.3) is 5.91 Å². The van der Waals surface area contributed by atoms with E-state index in [-0.39, 0.29) is 22.2 Å². The summed E-state index contributed by atoms with van der Waals surface area (Å²) in [6.07, 6.45) is 1.60. The quantitative estimate of drug-likeness (QED) is 0.235. The molecule has 0 saturated carbocycles. The maximum atomic E-state index is 14.2. The van der Waals surface area contributed by atoms with Crippen molar-refractivity contribution in [2.75, 3.05) is 31.5 Å². The molecule has 0 atom stereocenters. The lowest BCUT2D eigenvalue weighted by molar-refractivity contribution is -0.115. The number of aromatic nitrogens is 2. The molecule has 1 N–H and O–H groups in total. The monoisotopic (exact) mass is 594 g/mol. The van der Waals surface area contributed by atoms with Crippen molar-refractivity contribution in [2.24, 2.45) is 0 Å². The number of rotatable bonds is 8.